The lowest BCUT2D eigenvalue weighted by atomic mass is 10.2. The molecule has 0 spiro atoms. The zero-order valence-electron chi connectivity index (χ0n) is 14.7. The molecule has 0 radical (unpaired) electrons. The van der Waals surface area contributed by atoms with E-state index in [1.807, 2.05) is 23.1 Å². The minimum Gasteiger partial charge on any atom is -0.378 e. The minimum absolute atomic E-state index is 0.0923. The lowest BCUT2D eigenvalue weighted by molar-refractivity contribution is -0.136. The van der Waals surface area contributed by atoms with Gasteiger partial charge in [0.25, 0.3) is 0 Å². The van der Waals surface area contributed by atoms with Crippen LogP contribution in [0.15, 0.2) is 18.2 Å². The van der Waals surface area contributed by atoms with E-state index in [0.717, 1.165) is 30.9 Å². The zero-order chi connectivity index (χ0) is 17.6. The smallest absolute Gasteiger partial charge is 0.242 e. The Morgan fingerprint density at radius 2 is 2.08 bits per heavy atom. The van der Waals surface area contributed by atoms with Crippen molar-refractivity contribution in [1.82, 2.24) is 4.90 Å². The summed E-state index contributed by atoms with van der Waals surface area (Å²) in [4.78, 5) is 16.7. The number of carbonyl (C=O) groups is 1. The van der Waals surface area contributed by atoms with Crippen molar-refractivity contribution in [2.24, 2.45) is 0 Å². The first-order valence-electron chi connectivity index (χ1n) is 8.93. The van der Waals surface area contributed by atoms with E-state index in [2.05, 4.69) is 17.1 Å². The molecule has 0 saturated carbocycles. The lowest BCUT2D eigenvalue weighted by Gasteiger charge is -2.33. The Balaban J connectivity index is 1.63. The highest BCUT2D eigenvalue weighted by Crippen LogP contribution is 2.29. The van der Waals surface area contributed by atoms with Gasteiger partial charge in [-0.15, -0.1) is 0 Å². The maximum absolute atomic E-state index is 12.5. The summed E-state index contributed by atoms with van der Waals surface area (Å²) in [6.45, 7) is 7.38. The normalized spacial score (nSPS) is 21.3. The summed E-state index contributed by atoms with van der Waals surface area (Å²) >= 11 is 6.16. The molecule has 0 aliphatic carbocycles. The first-order valence-corrected chi connectivity index (χ1v) is 9.30. The van der Waals surface area contributed by atoms with Crippen LogP contribution in [-0.4, -0.2) is 69.5 Å². The van der Waals surface area contributed by atoms with Crippen molar-refractivity contribution < 1.29 is 14.3 Å². The molecular formula is C18H26ClN3O3. The van der Waals surface area contributed by atoms with Gasteiger partial charge >= 0.3 is 0 Å². The van der Waals surface area contributed by atoms with Crippen molar-refractivity contribution in [3.05, 3.63) is 23.2 Å². The molecule has 25 heavy (non-hydrogen) atoms. The van der Waals surface area contributed by atoms with Crippen LogP contribution >= 0.6 is 11.6 Å². The molecule has 2 saturated heterocycles. The standard InChI is InChI=1S/C18H26ClN3O3/c1-2-15-13-22(7-10-25-15)18(23)12-20-16-11-14(19)3-4-17(16)21-5-8-24-9-6-21/h3-4,11,15,20H,2,5-10,12-13H2,1H3. The molecule has 1 amide bonds. The first-order chi connectivity index (χ1) is 12.2. The van der Waals surface area contributed by atoms with Gasteiger partial charge in [0, 0.05) is 31.2 Å². The molecule has 1 unspecified atom stereocenters. The van der Waals surface area contributed by atoms with Gasteiger partial charge in [-0.2, -0.15) is 0 Å². The molecule has 1 N–H and O–H groups in total. The van der Waals surface area contributed by atoms with Gasteiger partial charge in [-0.3, -0.25) is 4.79 Å². The summed E-state index contributed by atoms with van der Waals surface area (Å²) in [6.07, 6.45) is 1.07. The van der Waals surface area contributed by atoms with Gasteiger partial charge in [-0.05, 0) is 24.6 Å². The summed E-state index contributed by atoms with van der Waals surface area (Å²) in [5, 5.41) is 3.94. The zero-order valence-corrected chi connectivity index (χ0v) is 15.4. The lowest BCUT2D eigenvalue weighted by Crippen LogP contribution is -2.47. The summed E-state index contributed by atoms with van der Waals surface area (Å²) in [5.41, 5.74) is 1.96. The molecule has 2 aliphatic heterocycles. The number of nitrogens with zero attached hydrogens (tertiary/aromatic N) is 2. The number of amides is 1. The molecular weight excluding hydrogens is 342 g/mol. The fourth-order valence-electron chi connectivity index (χ4n) is 3.21. The van der Waals surface area contributed by atoms with Crippen LogP contribution in [0.1, 0.15) is 13.3 Å². The van der Waals surface area contributed by atoms with Crippen LogP contribution in [-0.2, 0) is 14.3 Å². The Kier molecular flexibility index (Phi) is 6.39. The van der Waals surface area contributed by atoms with E-state index in [1.165, 1.54) is 0 Å². The number of hydrogen-bond acceptors (Lipinski definition) is 5. The SMILES string of the molecule is CCC1CN(C(=O)CNc2cc(Cl)ccc2N2CCOCC2)CCO1. The van der Waals surface area contributed by atoms with E-state index in [0.29, 0.717) is 37.9 Å². The molecule has 3 rings (SSSR count). The fraction of sp³-hybridized carbons (Fsp3) is 0.611. The third-order valence-electron chi connectivity index (χ3n) is 4.69. The number of morpholine rings is 2. The third-order valence-corrected chi connectivity index (χ3v) is 4.92. The van der Waals surface area contributed by atoms with Crippen molar-refractivity contribution in [2.45, 2.75) is 19.4 Å². The molecule has 6 nitrogen and oxygen atoms in total. The van der Waals surface area contributed by atoms with Gasteiger partial charge in [0.05, 0.1) is 43.8 Å². The van der Waals surface area contributed by atoms with Gasteiger partial charge in [0.15, 0.2) is 0 Å². The number of benzene rings is 1. The number of halogens is 1. The average Bonchev–Trinajstić information content (AvgIpc) is 2.67. The van der Waals surface area contributed by atoms with Crippen molar-refractivity contribution in [3.63, 3.8) is 0 Å². The fourth-order valence-corrected chi connectivity index (χ4v) is 3.38. The second-order valence-corrected chi connectivity index (χ2v) is 6.79. The Hall–Kier alpha value is -1.50. The van der Waals surface area contributed by atoms with Gasteiger partial charge in [-0.25, -0.2) is 0 Å². The monoisotopic (exact) mass is 367 g/mol. The van der Waals surface area contributed by atoms with E-state index in [-0.39, 0.29) is 18.6 Å². The van der Waals surface area contributed by atoms with Gasteiger partial charge in [0.1, 0.15) is 0 Å². The Labute approximate surface area is 154 Å². The number of carbonyl (C=O) groups excluding carboxylic acids is 1. The molecule has 2 aliphatic rings. The average molecular weight is 368 g/mol. The van der Waals surface area contributed by atoms with Gasteiger partial charge in [-0.1, -0.05) is 18.5 Å². The number of hydrogen-bond donors (Lipinski definition) is 1. The Morgan fingerprint density at radius 1 is 1.28 bits per heavy atom. The van der Waals surface area contributed by atoms with Crippen molar-refractivity contribution >= 4 is 28.9 Å². The van der Waals surface area contributed by atoms with Crippen molar-refractivity contribution in [2.75, 3.05) is 62.8 Å². The van der Waals surface area contributed by atoms with E-state index < -0.39 is 0 Å². The molecule has 138 valence electrons. The highest BCUT2D eigenvalue weighted by molar-refractivity contribution is 6.31. The van der Waals surface area contributed by atoms with Crippen LogP contribution in [0.3, 0.4) is 0 Å². The molecule has 1 aromatic carbocycles. The van der Waals surface area contributed by atoms with Crippen LogP contribution in [0.25, 0.3) is 0 Å². The molecule has 0 aromatic heterocycles. The molecule has 7 heteroatoms. The summed E-state index contributed by atoms with van der Waals surface area (Å²) in [5.74, 6) is 0.0923. The predicted octanol–water partition coefficient (Wildman–Crippen LogP) is 2.23. The molecule has 2 heterocycles. The first kappa shape index (κ1) is 18.3. The largest absolute Gasteiger partial charge is 0.378 e. The highest BCUT2D eigenvalue weighted by Gasteiger charge is 2.23. The number of anilines is 2. The third kappa shape index (κ3) is 4.77. The minimum atomic E-state index is 0.0923. The maximum atomic E-state index is 12.5. The molecule has 1 aromatic rings. The number of ether oxygens (including phenoxy) is 2. The van der Waals surface area contributed by atoms with Crippen LogP contribution in [0.2, 0.25) is 5.02 Å². The van der Waals surface area contributed by atoms with E-state index in [9.17, 15) is 4.79 Å². The summed E-state index contributed by atoms with van der Waals surface area (Å²) < 4.78 is 11.1. The second-order valence-electron chi connectivity index (χ2n) is 6.36. The second kappa shape index (κ2) is 8.74. The Morgan fingerprint density at radius 3 is 2.84 bits per heavy atom. The molecule has 1 atom stereocenters. The van der Waals surface area contributed by atoms with E-state index in [4.69, 9.17) is 21.1 Å². The van der Waals surface area contributed by atoms with Crippen LogP contribution in [0.5, 0.6) is 0 Å². The molecule has 2 fully saturated rings. The van der Waals surface area contributed by atoms with Crippen LogP contribution in [0, 0.1) is 0 Å². The van der Waals surface area contributed by atoms with E-state index >= 15 is 0 Å². The summed E-state index contributed by atoms with van der Waals surface area (Å²) in [6, 6.07) is 5.77. The van der Waals surface area contributed by atoms with Crippen LogP contribution in [0.4, 0.5) is 11.4 Å². The Bertz CT molecular complexity index is 593. The van der Waals surface area contributed by atoms with Crippen LogP contribution < -0.4 is 10.2 Å². The molecule has 0 bridgehead atoms. The summed E-state index contributed by atoms with van der Waals surface area (Å²) in [7, 11) is 0. The highest BCUT2D eigenvalue weighted by atomic mass is 35.5. The topological polar surface area (TPSA) is 54.0 Å². The number of nitrogens with one attached hydrogen (secondary N) is 1. The predicted molar refractivity (Wildman–Crippen MR) is 99.6 cm³/mol. The maximum Gasteiger partial charge on any atom is 0.242 e. The van der Waals surface area contributed by atoms with Gasteiger partial charge < -0.3 is 24.6 Å². The number of rotatable bonds is 5. The van der Waals surface area contributed by atoms with Crippen molar-refractivity contribution in [3.8, 4) is 0 Å². The quantitative estimate of drug-likeness (QED) is 0.864. The van der Waals surface area contributed by atoms with Crippen molar-refractivity contribution in [1.29, 1.82) is 0 Å². The van der Waals surface area contributed by atoms with E-state index in [1.54, 1.807) is 0 Å². The van der Waals surface area contributed by atoms with Gasteiger partial charge in [0.2, 0.25) is 5.91 Å².